The zero-order valence-electron chi connectivity index (χ0n) is 35.6. The van der Waals surface area contributed by atoms with Crippen LogP contribution in [-0.4, -0.2) is 123 Å². The number of Topliss-reactive ketones (excluding diaryl/α,β-unsaturated/α-hetero) is 2. The number of cyclic esters (lactones) is 1. The summed E-state index contributed by atoms with van der Waals surface area (Å²) in [7, 11) is 1.40. The molecule has 58 heavy (non-hydrogen) atoms. The Kier molecular flexibility index (Phi) is 14.3. The fraction of sp³-hybridized carbons (Fsp3) is 0.738. The highest BCUT2D eigenvalue weighted by molar-refractivity contribution is 6.08. The number of alkyl halides is 1. The van der Waals surface area contributed by atoms with Gasteiger partial charge in [0, 0.05) is 55.8 Å². The number of ketones is 2. The number of hydrogen-bond acceptors (Lipinski definition) is 13. The molecule has 2 N–H and O–H groups in total. The Morgan fingerprint density at radius 3 is 2.40 bits per heavy atom. The average Bonchev–Trinajstić information content (AvgIpc) is 3.94. The number of carbonyl (C=O) groups is 4. The number of nitrogens with zero attached hydrogens (tertiary/aromatic N) is 3. The molecule has 0 saturated carbocycles. The summed E-state index contributed by atoms with van der Waals surface area (Å²) in [4.78, 5) is 62.5. The monoisotopic (exact) mass is 818 g/mol. The second-order valence-electron chi connectivity index (χ2n) is 16.9. The summed E-state index contributed by atoms with van der Waals surface area (Å²) in [5.41, 5.74) is -4.59. The third kappa shape index (κ3) is 9.05. The standard InChI is InChI=1S/C42H63FN4O11/c1-11-31-42(9)34(47(39(52)58-42)17-14-13-16-46-21-30(45-23-46)28-15-18-54-22-28)26(5)32(48)24(3)20-40(7,53-10)36(27(6)35(50)41(8,43)38(51)56-31)57-37-33(49)29(44-12-2)19-25(4)55-37/h15,18,21-27,29,31,33-34,36-37,44,49H,11-14,16-17,19-20H2,1-10H3/t24-,25-,26+,27-,29+,31-,33+,34?,36-,37+,40-,41+,42-/m1/s1. The van der Waals surface area contributed by atoms with Crippen molar-refractivity contribution in [3.8, 4) is 11.3 Å². The molecule has 1 unspecified atom stereocenters. The van der Waals surface area contributed by atoms with Gasteiger partial charge in [-0.1, -0.05) is 34.6 Å². The molecular weight excluding hydrogens is 755 g/mol. The van der Waals surface area contributed by atoms with Gasteiger partial charge in [0.15, 0.2) is 17.7 Å². The second kappa shape index (κ2) is 18.3. The molecule has 16 heteroatoms. The number of ether oxygens (including phenoxy) is 5. The summed E-state index contributed by atoms with van der Waals surface area (Å²) in [6, 6.07) is 0.505. The second-order valence-corrected chi connectivity index (χ2v) is 16.9. The molecule has 324 valence electrons. The summed E-state index contributed by atoms with van der Waals surface area (Å²) in [6.07, 6.45) is 2.62. The summed E-state index contributed by atoms with van der Waals surface area (Å²) in [5.74, 6) is -5.78. The Morgan fingerprint density at radius 1 is 1.05 bits per heavy atom. The van der Waals surface area contributed by atoms with Gasteiger partial charge >= 0.3 is 12.1 Å². The Labute approximate surface area is 340 Å². The predicted molar refractivity (Wildman–Crippen MR) is 209 cm³/mol. The lowest BCUT2D eigenvalue weighted by Gasteiger charge is -2.46. The first-order valence-corrected chi connectivity index (χ1v) is 20.6. The zero-order chi connectivity index (χ0) is 42.7. The first kappa shape index (κ1) is 45.4. The van der Waals surface area contributed by atoms with E-state index in [1.807, 2.05) is 30.7 Å². The first-order valence-electron chi connectivity index (χ1n) is 20.6. The van der Waals surface area contributed by atoms with Crippen LogP contribution in [0.2, 0.25) is 0 Å². The van der Waals surface area contributed by atoms with Crippen LogP contribution in [0, 0.1) is 17.8 Å². The van der Waals surface area contributed by atoms with E-state index >= 15 is 4.39 Å². The minimum atomic E-state index is -3.18. The van der Waals surface area contributed by atoms with Crippen molar-refractivity contribution >= 4 is 23.6 Å². The lowest BCUT2D eigenvalue weighted by atomic mass is 9.73. The fourth-order valence-electron chi connectivity index (χ4n) is 9.31. The Bertz CT molecular complexity index is 1740. The number of rotatable bonds is 12. The van der Waals surface area contributed by atoms with Crippen molar-refractivity contribution in [3.63, 3.8) is 0 Å². The van der Waals surface area contributed by atoms with Gasteiger partial charge in [0.1, 0.15) is 18.0 Å². The number of aliphatic hydroxyl groups excluding tert-OH is 1. The molecule has 5 rings (SSSR count). The Hall–Kier alpha value is -3.70. The number of amides is 1. The molecule has 3 fully saturated rings. The molecule has 5 heterocycles. The zero-order valence-corrected chi connectivity index (χ0v) is 35.6. The summed E-state index contributed by atoms with van der Waals surface area (Å²) >= 11 is 0. The number of hydrogen-bond donors (Lipinski definition) is 2. The van der Waals surface area contributed by atoms with E-state index in [2.05, 4.69) is 10.3 Å². The smallest absolute Gasteiger partial charge is 0.410 e. The minimum Gasteiger partial charge on any atom is -0.472 e. The van der Waals surface area contributed by atoms with Crippen LogP contribution >= 0.6 is 0 Å². The van der Waals surface area contributed by atoms with Crippen LogP contribution in [-0.2, 0) is 44.6 Å². The van der Waals surface area contributed by atoms with Crippen LogP contribution in [0.3, 0.4) is 0 Å². The molecule has 0 bridgehead atoms. The summed E-state index contributed by atoms with van der Waals surface area (Å²) in [5, 5.41) is 14.6. The van der Waals surface area contributed by atoms with Crippen molar-refractivity contribution in [2.45, 2.75) is 161 Å². The maximum Gasteiger partial charge on any atom is 0.410 e. The predicted octanol–water partition coefficient (Wildman–Crippen LogP) is 5.27. The van der Waals surface area contributed by atoms with Crippen LogP contribution in [0.15, 0.2) is 35.5 Å². The van der Waals surface area contributed by atoms with E-state index in [4.69, 9.17) is 28.1 Å². The lowest BCUT2D eigenvalue weighted by Crippen LogP contribution is -2.62. The average molecular weight is 819 g/mol. The van der Waals surface area contributed by atoms with Gasteiger partial charge in [0.25, 0.3) is 5.67 Å². The van der Waals surface area contributed by atoms with E-state index in [1.165, 1.54) is 18.9 Å². The number of aliphatic hydroxyl groups is 1. The maximum atomic E-state index is 16.9. The topological polar surface area (TPSA) is 181 Å². The molecule has 0 spiro atoms. The highest BCUT2D eigenvalue weighted by Crippen LogP contribution is 2.43. The van der Waals surface area contributed by atoms with E-state index in [0.29, 0.717) is 32.4 Å². The van der Waals surface area contributed by atoms with Crippen LogP contribution in [0.25, 0.3) is 11.3 Å². The molecule has 15 nitrogen and oxygen atoms in total. The number of esters is 1. The van der Waals surface area contributed by atoms with Gasteiger partial charge in [-0.15, -0.1) is 0 Å². The van der Waals surface area contributed by atoms with E-state index in [1.54, 1.807) is 53.5 Å². The molecule has 3 saturated heterocycles. The van der Waals surface area contributed by atoms with Crippen LogP contribution in [0.5, 0.6) is 0 Å². The van der Waals surface area contributed by atoms with Gasteiger partial charge in [0.05, 0.1) is 48.4 Å². The largest absolute Gasteiger partial charge is 0.472 e. The molecule has 3 aliphatic heterocycles. The number of fused-ring (bicyclic) bond motifs is 1. The number of methoxy groups -OCH3 is 1. The van der Waals surface area contributed by atoms with E-state index in [9.17, 15) is 24.3 Å². The first-order chi connectivity index (χ1) is 27.3. The van der Waals surface area contributed by atoms with Gasteiger partial charge in [-0.05, 0) is 72.4 Å². The van der Waals surface area contributed by atoms with Crippen molar-refractivity contribution in [2.75, 3.05) is 20.2 Å². The van der Waals surface area contributed by atoms with Crippen molar-refractivity contribution in [1.29, 1.82) is 0 Å². The van der Waals surface area contributed by atoms with Crippen LogP contribution in [0.1, 0.15) is 94.4 Å². The van der Waals surface area contributed by atoms with Crippen molar-refractivity contribution in [2.24, 2.45) is 17.8 Å². The third-order valence-corrected chi connectivity index (χ3v) is 12.5. The number of likely N-dealkylation sites (N-methyl/N-ethyl adjacent to an activating group) is 1. The Balaban J connectivity index is 1.46. The van der Waals surface area contributed by atoms with Gasteiger partial charge < -0.3 is 48.0 Å². The summed E-state index contributed by atoms with van der Waals surface area (Å²) in [6.45, 7) is 15.8. The van der Waals surface area contributed by atoms with Crippen molar-refractivity contribution in [1.82, 2.24) is 19.8 Å². The number of furan rings is 1. The molecule has 13 atom stereocenters. The molecule has 1 amide bonds. The molecule has 0 radical (unpaired) electrons. The van der Waals surface area contributed by atoms with Crippen LogP contribution < -0.4 is 5.32 Å². The number of imidazole rings is 1. The number of nitrogens with one attached hydrogen (secondary N) is 1. The van der Waals surface area contributed by atoms with Gasteiger partial charge in [-0.3, -0.25) is 9.59 Å². The number of aromatic nitrogens is 2. The van der Waals surface area contributed by atoms with Crippen molar-refractivity contribution < 1.29 is 56.8 Å². The quantitative estimate of drug-likeness (QED) is 0.161. The molecule has 2 aromatic rings. The lowest BCUT2D eigenvalue weighted by molar-refractivity contribution is -0.290. The van der Waals surface area contributed by atoms with Crippen molar-refractivity contribution in [3.05, 3.63) is 31.1 Å². The van der Waals surface area contributed by atoms with Crippen LogP contribution in [0.4, 0.5) is 9.18 Å². The van der Waals surface area contributed by atoms with Gasteiger partial charge in [-0.2, -0.15) is 0 Å². The van der Waals surface area contributed by atoms with E-state index < -0.39 is 89.2 Å². The maximum absolute atomic E-state index is 16.9. The Morgan fingerprint density at radius 2 is 1.76 bits per heavy atom. The minimum absolute atomic E-state index is 0.00142. The number of unbranched alkanes of at least 4 members (excludes halogenated alkanes) is 1. The molecule has 2 aromatic heterocycles. The molecular formula is C42H63FN4O11. The molecule has 0 aromatic carbocycles. The third-order valence-electron chi connectivity index (χ3n) is 12.5. The summed E-state index contributed by atoms with van der Waals surface area (Å²) < 4.78 is 54.5. The van der Waals surface area contributed by atoms with E-state index in [0.717, 1.165) is 18.2 Å². The SMILES string of the molecule is CCN[C@H]1C[C@@H](C)O[C@@H](O[C@@H]2[C@H](C)C(=O)[C@](C)(F)C(=O)O[C@H](CC)[C@@]3(C)OC(=O)N(CCCCn4cnc(-c5ccoc5)c4)C3[C@@H](C)C(=O)[C@H](C)C[C@@]2(C)OC)[C@H]1O. The number of aryl methyl sites for hydroxylation is 1. The number of halogens is 1. The van der Waals surface area contributed by atoms with Gasteiger partial charge in [0.2, 0.25) is 0 Å². The van der Waals surface area contributed by atoms with Gasteiger partial charge in [-0.25, -0.2) is 19.0 Å². The van der Waals surface area contributed by atoms with E-state index in [-0.39, 0.29) is 31.3 Å². The molecule has 0 aliphatic carbocycles. The normalized spacial score (nSPS) is 38.0. The highest BCUT2D eigenvalue weighted by atomic mass is 19.1. The fourth-order valence-corrected chi connectivity index (χ4v) is 9.31. The molecule has 3 aliphatic rings. The highest BCUT2D eigenvalue weighted by Gasteiger charge is 2.61. The number of carbonyl (C=O) groups excluding carboxylic acids is 4.